The highest BCUT2D eigenvalue weighted by molar-refractivity contribution is 7.99. The third-order valence-electron chi connectivity index (χ3n) is 4.16. The summed E-state index contributed by atoms with van der Waals surface area (Å²) < 4.78 is 7.32. The van der Waals surface area contributed by atoms with Crippen LogP contribution in [-0.4, -0.2) is 26.4 Å². The molecule has 4 rings (SSSR count). The van der Waals surface area contributed by atoms with Gasteiger partial charge < -0.3 is 14.3 Å². The number of para-hydroxylation sites is 1. The van der Waals surface area contributed by atoms with E-state index in [0.29, 0.717) is 21.8 Å². The van der Waals surface area contributed by atoms with Gasteiger partial charge in [0.15, 0.2) is 11.0 Å². The van der Waals surface area contributed by atoms with E-state index in [9.17, 15) is 10.1 Å². The first-order valence-corrected chi connectivity index (χ1v) is 9.45. The van der Waals surface area contributed by atoms with E-state index in [1.54, 1.807) is 12.1 Å². The number of furan rings is 1. The molecule has 28 heavy (non-hydrogen) atoms. The van der Waals surface area contributed by atoms with E-state index in [1.165, 1.54) is 11.8 Å². The summed E-state index contributed by atoms with van der Waals surface area (Å²) in [4.78, 5) is 12.4. The van der Waals surface area contributed by atoms with Gasteiger partial charge in [-0.05, 0) is 12.1 Å². The molecule has 0 radical (unpaired) electrons. The zero-order chi connectivity index (χ0) is 19.5. The van der Waals surface area contributed by atoms with Crippen LogP contribution in [0.3, 0.4) is 0 Å². The molecule has 0 saturated heterocycles. The first-order valence-electron chi connectivity index (χ1n) is 8.46. The van der Waals surface area contributed by atoms with Crippen LogP contribution in [0.5, 0.6) is 0 Å². The molecule has 2 aromatic heterocycles. The van der Waals surface area contributed by atoms with Crippen molar-refractivity contribution in [2.75, 3.05) is 11.1 Å². The van der Waals surface area contributed by atoms with E-state index in [1.807, 2.05) is 60.1 Å². The van der Waals surface area contributed by atoms with E-state index >= 15 is 0 Å². The Hall–Kier alpha value is -3.57. The van der Waals surface area contributed by atoms with Crippen LogP contribution in [-0.2, 0) is 11.8 Å². The number of hydrogen-bond donors (Lipinski definition) is 1. The molecule has 0 atom stereocenters. The van der Waals surface area contributed by atoms with Crippen molar-refractivity contribution in [1.29, 1.82) is 5.26 Å². The number of carbonyl (C=O) groups is 1. The lowest BCUT2D eigenvalue weighted by Crippen LogP contribution is -2.15. The molecule has 1 amide bonds. The maximum atomic E-state index is 12.4. The second-order valence-electron chi connectivity index (χ2n) is 5.98. The second-order valence-corrected chi connectivity index (χ2v) is 6.92. The minimum Gasteiger partial charge on any atom is -0.443 e. The van der Waals surface area contributed by atoms with Crippen molar-refractivity contribution < 1.29 is 9.21 Å². The summed E-state index contributed by atoms with van der Waals surface area (Å²) >= 11 is 1.28. The number of thioether (sulfide) groups is 1. The van der Waals surface area contributed by atoms with E-state index in [-0.39, 0.29) is 17.4 Å². The maximum absolute atomic E-state index is 12.4. The van der Waals surface area contributed by atoms with Crippen LogP contribution in [0.2, 0.25) is 0 Å². The Bertz CT molecular complexity index is 1190. The Morgan fingerprint density at radius 1 is 1.18 bits per heavy atom. The number of nitrogens with zero attached hydrogens (tertiary/aromatic N) is 4. The van der Waals surface area contributed by atoms with E-state index < -0.39 is 0 Å². The standard InChI is InChI=1S/C20H15N5O2S/c1-25-19(13-7-3-2-4-8-13)23-24-20(25)28-12-17(26)22-18-14-9-5-6-10-15(14)27-16(18)11-21/h2-10H,12H2,1H3,(H,22,26). The third-order valence-corrected chi connectivity index (χ3v) is 5.18. The Kier molecular flexibility index (Phi) is 4.83. The summed E-state index contributed by atoms with van der Waals surface area (Å²) in [6.45, 7) is 0. The Morgan fingerprint density at radius 3 is 2.71 bits per heavy atom. The molecule has 0 aliphatic rings. The van der Waals surface area contributed by atoms with Gasteiger partial charge in [0, 0.05) is 18.0 Å². The summed E-state index contributed by atoms with van der Waals surface area (Å²) in [6.07, 6.45) is 0. The molecular formula is C20H15N5O2S. The number of hydrogen-bond acceptors (Lipinski definition) is 6. The number of nitriles is 1. The highest BCUT2D eigenvalue weighted by Crippen LogP contribution is 2.30. The van der Waals surface area contributed by atoms with Crippen molar-refractivity contribution >= 4 is 34.3 Å². The van der Waals surface area contributed by atoms with Gasteiger partial charge in [0.2, 0.25) is 11.7 Å². The van der Waals surface area contributed by atoms with Crippen LogP contribution in [0.25, 0.3) is 22.4 Å². The minimum atomic E-state index is -0.252. The number of benzene rings is 2. The van der Waals surface area contributed by atoms with Gasteiger partial charge in [-0.3, -0.25) is 4.79 Å². The summed E-state index contributed by atoms with van der Waals surface area (Å²) in [5, 5.41) is 21.8. The fourth-order valence-electron chi connectivity index (χ4n) is 2.83. The molecular weight excluding hydrogens is 374 g/mol. The normalized spacial score (nSPS) is 10.7. The van der Waals surface area contributed by atoms with E-state index in [4.69, 9.17) is 4.42 Å². The highest BCUT2D eigenvalue weighted by atomic mass is 32.2. The van der Waals surface area contributed by atoms with Crippen LogP contribution >= 0.6 is 11.8 Å². The van der Waals surface area contributed by atoms with Crippen molar-refractivity contribution in [3.63, 3.8) is 0 Å². The minimum absolute atomic E-state index is 0.0876. The van der Waals surface area contributed by atoms with Gasteiger partial charge in [-0.2, -0.15) is 5.26 Å². The predicted octanol–water partition coefficient (Wildman–Crippen LogP) is 3.83. The zero-order valence-corrected chi connectivity index (χ0v) is 15.7. The predicted molar refractivity (Wildman–Crippen MR) is 107 cm³/mol. The van der Waals surface area contributed by atoms with Gasteiger partial charge in [-0.25, -0.2) is 0 Å². The lowest BCUT2D eigenvalue weighted by molar-refractivity contribution is -0.113. The van der Waals surface area contributed by atoms with Crippen molar-refractivity contribution in [2.24, 2.45) is 7.05 Å². The Balaban J connectivity index is 1.48. The molecule has 1 N–H and O–H groups in total. The third kappa shape index (κ3) is 3.35. The van der Waals surface area contributed by atoms with Crippen LogP contribution in [0, 0.1) is 11.3 Å². The lowest BCUT2D eigenvalue weighted by atomic mass is 10.2. The highest BCUT2D eigenvalue weighted by Gasteiger charge is 2.17. The van der Waals surface area contributed by atoms with E-state index in [0.717, 1.165) is 11.4 Å². The molecule has 0 spiro atoms. The van der Waals surface area contributed by atoms with Crippen molar-refractivity contribution in [1.82, 2.24) is 14.8 Å². The van der Waals surface area contributed by atoms with Gasteiger partial charge in [0.1, 0.15) is 17.3 Å². The summed E-state index contributed by atoms with van der Waals surface area (Å²) in [5.41, 5.74) is 1.91. The molecule has 4 aromatic rings. The molecule has 0 fully saturated rings. The largest absolute Gasteiger partial charge is 0.443 e. The topological polar surface area (TPSA) is 96.7 Å². The molecule has 2 heterocycles. The Morgan fingerprint density at radius 2 is 1.93 bits per heavy atom. The molecule has 0 aliphatic carbocycles. The van der Waals surface area contributed by atoms with Crippen LogP contribution in [0.4, 0.5) is 5.69 Å². The summed E-state index contributed by atoms with van der Waals surface area (Å²) in [5.74, 6) is 0.698. The summed E-state index contributed by atoms with van der Waals surface area (Å²) in [7, 11) is 1.86. The van der Waals surface area contributed by atoms with Gasteiger partial charge in [0.25, 0.3) is 0 Å². The maximum Gasteiger partial charge on any atom is 0.234 e. The van der Waals surface area contributed by atoms with Crippen molar-refractivity contribution in [2.45, 2.75) is 5.16 Å². The van der Waals surface area contributed by atoms with Gasteiger partial charge in [-0.1, -0.05) is 54.2 Å². The zero-order valence-electron chi connectivity index (χ0n) is 14.9. The van der Waals surface area contributed by atoms with Crippen LogP contribution in [0.1, 0.15) is 5.76 Å². The summed E-state index contributed by atoms with van der Waals surface area (Å²) in [6, 6.07) is 18.9. The molecule has 8 heteroatoms. The van der Waals surface area contributed by atoms with Crippen LogP contribution < -0.4 is 5.32 Å². The molecule has 0 saturated carbocycles. The van der Waals surface area contributed by atoms with Gasteiger partial charge in [-0.15, -0.1) is 10.2 Å². The molecule has 0 unspecified atom stereocenters. The van der Waals surface area contributed by atoms with E-state index in [2.05, 4.69) is 15.5 Å². The monoisotopic (exact) mass is 389 g/mol. The van der Waals surface area contributed by atoms with Crippen LogP contribution in [0.15, 0.2) is 64.2 Å². The SMILES string of the molecule is Cn1c(SCC(=O)Nc2c(C#N)oc3ccccc23)nnc1-c1ccccc1. The molecule has 0 bridgehead atoms. The number of anilines is 1. The molecule has 138 valence electrons. The number of amides is 1. The second kappa shape index (κ2) is 7.58. The van der Waals surface area contributed by atoms with Gasteiger partial charge >= 0.3 is 0 Å². The number of carbonyl (C=O) groups excluding carboxylic acids is 1. The molecule has 2 aromatic carbocycles. The number of fused-ring (bicyclic) bond motifs is 1. The molecule has 7 nitrogen and oxygen atoms in total. The molecule has 0 aliphatic heterocycles. The average molecular weight is 389 g/mol. The quantitative estimate of drug-likeness (QED) is 0.521. The first kappa shape index (κ1) is 17.8. The number of aromatic nitrogens is 3. The van der Waals surface area contributed by atoms with Crippen molar-refractivity contribution in [3.8, 4) is 17.5 Å². The lowest BCUT2D eigenvalue weighted by Gasteiger charge is -2.05. The Labute approximate surface area is 165 Å². The number of nitrogens with one attached hydrogen (secondary N) is 1. The average Bonchev–Trinajstić information content (AvgIpc) is 3.27. The fourth-order valence-corrected chi connectivity index (χ4v) is 3.54. The van der Waals surface area contributed by atoms with Gasteiger partial charge in [0.05, 0.1) is 5.75 Å². The first-order chi connectivity index (χ1) is 13.7. The fraction of sp³-hybridized carbons (Fsp3) is 0.100. The smallest absolute Gasteiger partial charge is 0.234 e. The van der Waals surface area contributed by atoms with Crippen molar-refractivity contribution in [3.05, 3.63) is 60.4 Å². The number of rotatable bonds is 5.